The van der Waals surface area contributed by atoms with Crippen LogP contribution in [0.5, 0.6) is 0 Å². The van der Waals surface area contributed by atoms with Crippen LogP contribution in [0.3, 0.4) is 0 Å². The highest BCUT2D eigenvalue weighted by atomic mass is 16.3. The van der Waals surface area contributed by atoms with Gasteiger partial charge >= 0.3 is 0 Å². The molecule has 1 aliphatic carbocycles. The Bertz CT molecular complexity index is 2910. The molecular weight excluding hydrogens is 647 g/mol. The summed E-state index contributed by atoms with van der Waals surface area (Å²) in [5, 5.41) is 8.45. The van der Waals surface area contributed by atoms with Gasteiger partial charge in [-0.2, -0.15) is 0 Å². The molecule has 254 valence electrons. The lowest BCUT2D eigenvalue weighted by Crippen LogP contribution is -2.10. The van der Waals surface area contributed by atoms with Gasteiger partial charge in [-0.05, 0) is 79.0 Å². The van der Waals surface area contributed by atoms with Crippen LogP contribution in [0.4, 0.5) is 0 Å². The third-order valence-corrected chi connectivity index (χ3v) is 10.7. The van der Waals surface area contributed by atoms with Crippen LogP contribution in [-0.2, 0) is 11.8 Å². The normalized spacial score (nSPS) is 13.0. The predicted molar refractivity (Wildman–Crippen MR) is 220 cm³/mol. The number of para-hydroxylation sites is 1. The Labute approximate surface area is 308 Å². The number of rotatable bonds is 4. The molecule has 0 unspecified atom stereocenters. The highest BCUT2D eigenvalue weighted by Crippen LogP contribution is 2.41. The van der Waals surface area contributed by atoms with E-state index in [0.717, 1.165) is 63.0 Å². The fourth-order valence-corrected chi connectivity index (χ4v) is 8.00. The van der Waals surface area contributed by atoms with Crippen molar-refractivity contribution in [2.24, 2.45) is 0 Å². The Morgan fingerprint density at radius 3 is 1.87 bits per heavy atom. The number of allylic oxidation sites excluding steroid dienone is 1. The number of aromatic nitrogens is 3. The van der Waals surface area contributed by atoms with Crippen LogP contribution in [0, 0.1) is 0 Å². The molecule has 0 amide bonds. The zero-order valence-electron chi connectivity index (χ0n) is 30.0. The second kappa shape index (κ2) is 12.1. The molecule has 7 aromatic carbocycles. The summed E-state index contributed by atoms with van der Waals surface area (Å²) in [5.41, 5.74) is 8.27. The zero-order chi connectivity index (χ0) is 35.7. The molecule has 0 saturated heterocycles. The van der Waals surface area contributed by atoms with E-state index in [1.54, 1.807) is 0 Å². The van der Waals surface area contributed by atoms with Gasteiger partial charge in [0.2, 0.25) is 0 Å². The van der Waals surface area contributed by atoms with Crippen molar-refractivity contribution in [3.63, 3.8) is 0 Å². The van der Waals surface area contributed by atoms with Crippen LogP contribution in [-0.4, -0.2) is 15.0 Å². The summed E-state index contributed by atoms with van der Waals surface area (Å²) < 4.78 is 6.58. The third-order valence-electron chi connectivity index (χ3n) is 10.7. The van der Waals surface area contributed by atoms with Gasteiger partial charge in [-0.3, -0.25) is 0 Å². The number of benzene rings is 7. The summed E-state index contributed by atoms with van der Waals surface area (Å²) >= 11 is 0. The van der Waals surface area contributed by atoms with Crippen LogP contribution in [0.25, 0.3) is 94.7 Å². The smallest absolute Gasteiger partial charge is 0.167 e. The first-order chi connectivity index (χ1) is 25.9. The molecule has 0 atom stereocenters. The van der Waals surface area contributed by atoms with Crippen molar-refractivity contribution in [3.8, 4) is 45.3 Å². The molecule has 0 saturated carbocycles. The molecule has 0 N–H and O–H groups in total. The molecule has 0 fully saturated rings. The van der Waals surface area contributed by atoms with Crippen LogP contribution in [0.2, 0.25) is 0 Å². The van der Waals surface area contributed by atoms with Crippen molar-refractivity contribution >= 4 is 49.4 Å². The molecule has 9 aromatic rings. The molecular formula is C49H37N3O. The first-order valence-corrected chi connectivity index (χ1v) is 18.4. The summed E-state index contributed by atoms with van der Waals surface area (Å²) in [4.78, 5) is 15.7. The van der Waals surface area contributed by atoms with E-state index in [4.69, 9.17) is 19.4 Å². The molecule has 2 aromatic heterocycles. The monoisotopic (exact) mass is 683 g/mol. The molecule has 10 rings (SSSR count). The van der Waals surface area contributed by atoms with Crippen molar-refractivity contribution in [1.82, 2.24) is 15.0 Å². The molecule has 0 aliphatic heterocycles. The molecule has 1 aliphatic rings. The molecule has 0 bridgehead atoms. The summed E-state index contributed by atoms with van der Waals surface area (Å²) in [6.45, 7) is 6.82. The SMILES string of the molecule is CC(C)(C)c1ccc2c3ccc(-c4nc(-c5ccccc5-c5ccccc5)nc(-c5cccc6c7c(oc56)CCC=C7)n4)cc3c3ccccc3c2c1. The van der Waals surface area contributed by atoms with Crippen molar-refractivity contribution in [2.75, 3.05) is 0 Å². The first kappa shape index (κ1) is 31.4. The van der Waals surface area contributed by atoms with Crippen molar-refractivity contribution in [1.29, 1.82) is 0 Å². The van der Waals surface area contributed by atoms with E-state index in [1.807, 2.05) is 6.07 Å². The molecule has 53 heavy (non-hydrogen) atoms. The Balaban J connectivity index is 1.23. The topological polar surface area (TPSA) is 51.8 Å². The van der Waals surface area contributed by atoms with Crippen molar-refractivity contribution < 1.29 is 4.42 Å². The minimum absolute atomic E-state index is 0.0529. The van der Waals surface area contributed by atoms with Crippen molar-refractivity contribution in [2.45, 2.75) is 39.0 Å². The Hall–Kier alpha value is -6.39. The van der Waals surface area contributed by atoms with Crippen LogP contribution in [0.15, 0.2) is 144 Å². The molecule has 4 nitrogen and oxygen atoms in total. The van der Waals surface area contributed by atoms with Gasteiger partial charge in [0.15, 0.2) is 17.5 Å². The van der Waals surface area contributed by atoms with E-state index >= 15 is 0 Å². The van der Waals surface area contributed by atoms with Gasteiger partial charge in [-0.1, -0.05) is 148 Å². The van der Waals surface area contributed by atoms with E-state index in [1.165, 1.54) is 37.9 Å². The third kappa shape index (κ3) is 5.24. The minimum atomic E-state index is 0.0529. The van der Waals surface area contributed by atoms with E-state index in [-0.39, 0.29) is 5.41 Å². The van der Waals surface area contributed by atoms with Crippen LogP contribution >= 0.6 is 0 Å². The molecule has 4 heteroatoms. The largest absolute Gasteiger partial charge is 0.460 e. The van der Waals surface area contributed by atoms with Gasteiger partial charge in [0.05, 0.1) is 5.56 Å². The molecule has 0 spiro atoms. The lowest BCUT2D eigenvalue weighted by molar-refractivity contribution is 0.547. The fraction of sp³-hybridized carbons (Fsp3) is 0.122. The maximum absolute atomic E-state index is 6.58. The quantitative estimate of drug-likeness (QED) is 0.173. The minimum Gasteiger partial charge on any atom is -0.460 e. The number of aryl methyl sites for hydroxylation is 1. The standard InChI is InChI=1S/C49H37N3O/c1-49(2,3)32-25-27-37-36-26-24-31(28-42(36)34-17-8-9-18-35(34)43(37)29-32)46-50-47(40-20-10-7-16-33(40)30-14-5-4-6-15-30)52-48(51-46)41-22-13-21-39-38-19-11-12-23-44(38)53-45(39)41/h4-11,13-22,24-29H,12,23H2,1-3H3. The Morgan fingerprint density at radius 2 is 1.09 bits per heavy atom. The number of furan rings is 1. The highest BCUT2D eigenvalue weighted by molar-refractivity contribution is 6.25. The fourth-order valence-electron chi connectivity index (χ4n) is 8.00. The number of hydrogen-bond donors (Lipinski definition) is 0. The first-order valence-electron chi connectivity index (χ1n) is 18.4. The van der Waals surface area contributed by atoms with E-state index < -0.39 is 0 Å². The summed E-state index contributed by atoms with van der Waals surface area (Å²) in [6, 6.07) is 47.5. The molecule has 2 heterocycles. The average molecular weight is 684 g/mol. The average Bonchev–Trinajstić information content (AvgIpc) is 3.59. The second-order valence-electron chi connectivity index (χ2n) is 15.1. The predicted octanol–water partition coefficient (Wildman–Crippen LogP) is 13.0. The van der Waals surface area contributed by atoms with E-state index in [0.29, 0.717) is 17.5 Å². The lowest BCUT2D eigenvalue weighted by Gasteiger charge is -2.21. The summed E-state index contributed by atoms with van der Waals surface area (Å²) in [7, 11) is 0. The van der Waals surface area contributed by atoms with E-state index in [9.17, 15) is 0 Å². The molecule has 0 radical (unpaired) electrons. The van der Waals surface area contributed by atoms with Crippen molar-refractivity contribution in [3.05, 3.63) is 156 Å². The van der Waals surface area contributed by atoms with Gasteiger partial charge in [-0.25, -0.2) is 15.0 Å². The Morgan fingerprint density at radius 1 is 0.491 bits per heavy atom. The summed E-state index contributed by atoms with van der Waals surface area (Å²) in [6.07, 6.45) is 6.26. The number of nitrogens with zero attached hydrogens (tertiary/aromatic N) is 3. The maximum atomic E-state index is 6.58. The maximum Gasteiger partial charge on any atom is 0.167 e. The Kier molecular flexibility index (Phi) is 7.16. The van der Waals surface area contributed by atoms with Gasteiger partial charge in [0.1, 0.15) is 11.3 Å². The van der Waals surface area contributed by atoms with E-state index in [2.05, 4.69) is 160 Å². The van der Waals surface area contributed by atoms with Gasteiger partial charge < -0.3 is 4.42 Å². The van der Waals surface area contributed by atoms with Gasteiger partial charge in [-0.15, -0.1) is 0 Å². The second-order valence-corrected chi connectivity index (χ2v) is 15.1. The highest BCUT2D eigenvalue weighted by Gasteiger charge is 2.22. The zero-order valence-corrected chi connectivity index (χ0v) is 30.0. The number of hydrogen-bond acceptors (Lipinski definition) is 4. The van der Waals surface area contributed by atoms with Gasteiger partial charge in [0.25, 0.3) is 0 Å². The van der Waals surface area contributed by atoms with Crippen LogP contribution in [0.1, 0.15) is 44.1 Å². The summed E-state index contributed by atoms with van der Waals surface area (Å²) in [5.74, 6) is 2.85. The van der Waals surface area contributed by atoms with Crippen LogP contribution < -0.4 is 0 Å². The lowest BCUT2D eigenvalue weighted by atomic mass is 9.84. The number of fused-ring (bicyclic) bond motifs is 9. The van der Waals surface area contributed by atoms with Gasteiger partial charge in [0, 0.05) is 28.5 Å².